The first-order valence-electron chi connectivity index (χ1n) is 9.25. The van der Waals surface area contributed by atoms with Crippen LogP contribution in [-0.2, 0) is 6.42 Å². The van der Waals surface area contributed by atoms with Crippen LogP contribution >= 0.6 is 0 Å². The summed E-state index contributed by atoms with van der Waals surface area (Å²) in [6.07, 6.45) is 11.0. The molecule has 0 fully saturated rings. The van der Waals surface area contributed by atoms with Gasteiger partial charge in [0.1, 0.15) is 0 Å². The van der Waals surface area contributed by atoms with Gasteiger partial charge >= 0.3 is 0 Å². The topological polar surface area (TPSA) is 30.7 Å². The van der Waals surface area contributed by atoms with E-state index in [1.165, 1.54) is 22.3 Å². The van der Waals surface area contributed by atoms with Crippen molar-refractivity contribution in [3.8, 4) is 5.69 Å². The van der Waals surface area contributed by atoms with Gasteiger partial charge < -0.3 is 0 Å². The fourth-order valence-electron chi connectivity index (χ4n) is 3.24. The van der Waals surface area contributed by atoms with Crippen molar-refractivity contribution in [3.05, 3.63) is 84.0 Å². The number of allylic oxidation sites excluding steroid dienone is 2. The van der Waals surface area contributed by atoms with Crippen molar-refractivity contribution in [1.82, 2.24) is 14.8 Å². The van der Waals surface area contributed by atoms with Crippen LogP contribution in [0, 0.1) is 5.92 Å². The minimum absolute atomic E-state index is 0.412. The molecule has 3 rings (SSSR count). The zero-order valence-electron chi connectivity index (χ0n) is 16.1. The molecule has 0 spiro atoms. The Bertz CT molecular complexity index is 875. The molecular weight excluding hydrogens is 318 g/mol. The second-order valence-electron chi connectivity index (χ2n) is 7.32. The minimum atomic E-state index is 0.412. The molecule has 0 aliphatic rings. The first kappa shape index (κ1) is 18.1. The normalized spacial score (nSPS) is 13.2. The predicted octanol–water partition coefficient (Wildman–Crippen LogP) is 5.67. The van der Waals surface area contributed by atoms with Gasteiger partial charge in [-0.25, -0.2) is 4.68 Å². The third-order valence-corrected chi connectivity index (χ3v) is 4.61. The Morgan fingerprint density at radius 1 is 1.12 bits per heavy atom. The average molecular weight is 345 g/mol. The molecule has 3 aromatic rings. The smallest absolute Gasteiger partial charge is 0.0676 e. The molecule has 134 valence electrons. The lowest BCUT2D eigenvalue weighted by molar-refractivity contribution is 0.758. The van der Waals surface area contributed by atoms with Gasteiger partial charge in [0.15, 0.2) is 0 Å². The molecule has 3 heteroatoms. The molecule has 1 atom stereocenters. The van der Waals surface area contributed by atoms with Crippen molar-refractivity contribution in [2.24, 2.45) is 5.92 Å². The molecule has 0 N–H and O–H groups in total. The number of hydrogen-bond donors (Lipinski definition) is 0. The SMILES string of the molecule is C/C(=C\C(C)C)c1cccc(CC(C)c2cnn(-c3ccncc3)c2)c1. The fourth-order valence-corrected chi connectivity index (χ4v) is 3.24. The van der Waals surface area contributed by atoms with E-state index < -0.39 is 0 Å². The molecule has 0 radical (unpaired) electrons. The Morgan fingerprint density at radius 2 is 1.88 bits per heavy atom. The van der Waals surface area contributed by atoms with Gasteiger partial charge in [0.2, 0.25) is 0 Å². The summed E-state index contributed by atoms with van der Waals surface area (Å²) in [5.74, 6) is 0.979. The highest BCUT2D eigenvalue weighted by atomic mass is 15.3. The molecule has 0 aliphatic heterocycles. The summed E-state index contributed by atoms with van der Waals surface area (Å²) >= 11 is 0. The zero-order chi connectivity index (χ0) is 18.5. The van der Waals surface area contributed by atoms with Crippen LogP contribution in [0.5, 0.6) is 0 Å². The monoisotopic (exact) mass is 345 g/mol. The second-order valence-corrected chi connectivity index (χ2v) is 7.32. The van der Waals surface area contributed by atoms with Gasteiger partial charge in [-0.15, -0.1) is 0 Å². The highest BCUT2D eigenvalue weighted by Gasteiger charge is 2.11. The van der Waals surface area contributed by atoms with Crippen molar-refractivity contribution in [2.75, 3.05) is 0 Å². The van der Waals surface area contributed by atoms with Gasteiger partial charge in [-0.05, 0) is 59.6 Å². The second kappa shape index (κ2) is 8.13. The van der Waals surface area contributed by atoms with Crippen LogP contribution < -0.4 is 0 Å². The van der Waals surface area contributed by atoms with E-state index in [0.717, 1.165) is 12.1 Å². The zero-order valence-corrected chi connectivity index (χ0v) is 16.1. The van der Waals surface area contributed by atoms with Gasteiger partial charge in [-0.1, -0.05) is 51.1 Å². The van der Waals surface area contributed by atoms with E-state index in [0.29, 0.717) is 11.8 Å². The number of aromatic nitrogens is 3. The molecule has 0 saturated heterocycles. The van der Waals surface area contributed by atoms with Crippen LogP contribution in [0.3, 0.4) is 0 Å². The Hall–Kier alpha value is -2.68. The number of pyridine rings is 1. The first-order chi connectivity index (χ1) is 12.5. The molecule has 0 saturated carbocycles. The van der Waals surface area contributed by atoms with E-state index in [1.54, 1.807) is 12.4 Å². The quantitative estimate of drug-likeness (QED) is 0.576. The number of benzene rings is 1. The van der Waals surface area contributed by atoms with Crippen LogP contribution in [0.15, 0.2) is 67.3 Å². The van der Waals surface area contributed by atoms with Gasteiger partial charge in [0, 0.05) is 18.6 Å². The summed E-state index contributed by atoms with van der Waals surface area (Å²) in [6.45, 7) is 8.89. The van der Waals surface area contributed by atoms with Gasteiger partial charge in [-0.2, -0.15) is 5.10 Å². The van der Waals surface area contributed by atoms with Gasteiger partial charge in [0.25, 0.3) is 0 Å². The number of hydrogen-bond acceptors (Lipinski definition) is 2. The highest BCUT2D eigenvalue weighted by molar-refractivity contribution is 5.64. The van der Waals surface area contributed by atoms with E-state index in [1.807, 2.05) is 23.0 Å². The Labute approximate surface area is 156 Å². The molecule has 0 bridgehead atoms. The third kappa shape index (κ3) is 4.48. The van der Waals surface area contributed by atoms with E-state index >= 15 is 0 Å². The van der Waals surface area contributed by atoms with Crippen molar-refractivity contribution >= 4 is 5.57 Å². The van der Waals surface area contributed by atoms with Crippen LogP contribution in [0.2, 0.25) is 0 Å². The highest BCUT2D eigenvalue weighted by Crippen LogP contribution is 2.24. The van der Waals surface area contributed by atoms with Crippen molar-refractivity contribution in [2.45, 2.75) is 40.0 Å². The molecule has 2 aromatic heterocycles. The molecule has 2 heterocycles. The Morgan fingerprint density at radius 3 is 2.62 bits per heavy atom. The lowest BCUT2D eigenvalue weighted by Crippen LogP contribution is -1.98. The maximum Gasteiger partial charge on any atom is 0.0676 e. The van der Waals surface area contributed by atoms with Gasteiger partial charge in [-0.3, -0.25) is 4.98 Å². The largest absolute Gasteiger partial charge is 0.265 e. The fraction of sp³-hybridized carbons (Fsp3) is 0.304. The summed E-state index contributed by atoms with van der Waals surface area (Å²) in [7, 11) is 0. The predicted molar refractivity (Wildman–Crippen MR) is 108 cm³/mol. The Balaban J connectivity index is 1.74. The van der Waals surface area contributed by atoms with E-state index in [2.05, 4.69) is 74.3 Å². The van der Waals surface area contributed by atoms with Crippen LogP contribution in [0.1, 0.15) is 50.3 Å². The molecular formula is C23H27N3. The summed E-state index contributed by atoms with van der Waals surface area (Å²) in [4.78, 5) is 4.06. The van der Waals surface area contributed by atoms with Gasteiger partial charge in [0.05, 0.1) is 11.9 Å². The minimum Gasteiger partial charge on any atom is -0.265 e. The molecule has 26 heavy (non-hydrogen) atoms. The van der Waals surface area contributed by atoms with Crippen molar-refractivity contribution in [1.29, 1.82) is 0 Å². The number of rotatable bonds is 6. The third-order valence-electron chi connectivity index (χ3n) is 4.61. The van der Waals surface area contributed by atoms with E-state index in [4.69, 9.17) is 0 Å². The lowest BCUT2D eigenvalue weighted by Gasteiger charge is -2.11. The molecule has 1 unspecified atom stereocenters. The van der Waals surface area contributed by atoms with Crippen molar-refractivity contribution < 1.29 is 0 Å². The van der Waals surface area contributed by atoms with Crippen LogP contribution in [0.4, 0.5) is 0 Å². The summed E-state index contributed by atoms with van der Waals surface area (Å²) < 4.78 is 1.92. The van der Waals surface area contributed by atoms with Crippen molar-refractivity contribution in [3.63, 3.8) is 0 Å². The molecule has 1 aromatic carbocycles. The van der Waals surface area contributed by atoms with E-state index in [9.17, 15) is 0 Å². The molecule has 0 aliphatic carbocycles. The maximum absolute atomic E-state index is 4.51. The lowest BCUT2D eigenvalue weighted by atomic mass is 9.93. The molecule has 3 nitrogen and oxygen atoms in total. The maximum atomic E-state index is 4.51. The van der Waals surface area contributed by atoms with Crippen LogP contribution in [-0.4, -0.2) is 14.8 Å². The first-order valence-corrected chi connectivity index (χ1v) is 9.25. The van der Waals surface area contributed by atoms with E-state index in [-0.39, 0.29) is 0 Å². The van der Waals surface area contributed by atoms with Crippen LogP contribution in [0.25, 0.3) is 11.3 Å². The number of nitrogens with zero attached hydrogens (tertiary/aromatic N) is 3. The summed E-state index contributed by atoms with van der Waals surface area (Å²) in [5.41, 5.74) is 6.32. The Kier molecular flexibility index (Phi) is 5.67. The standard InChI is InChI=1S/C23H27N3/c1-17(2)12-18(3)21-7-5-6-20(14-21)13-19(4)22-15-25-26(16-22)23-8-10-24-11-9-23/h5-12,14-17,19H,13H2,1-4H3/b18-12+. The summed E-state index contributed by atoms with van der Waals surface area (Å²) in [6, 6.07) is 12.8. The molecule has 0 amide bonds. The average Bonchev–Trinajstić information content (AvgIpc) is 3.12. The summed E-state index contributed by atoms with van der Waals surface area (Å²) in [5, 5.41) is 4.51.